The Morgan fingerprint density at radius 2 is 1.72 bits per heavy atom. The molecule has 192 valence electrons. The second-order valence-electron chi connectivity index (χ2n) is 11.5. The van der Waals surface area contributed by atoms with E-state index in [1.54, 1.807) is 4.90 Å². The van der Waals surface area contributed by atoms with E-state index in [0.717, 1.165) is 76.2 Å². The largest absolute Gasteiger partial charge is 0.370 e. The minimum atomic E-state index is -0.583. The van der Waals surface area contributed by atoms with Crippen LogP contribution in [-0.2, 0) is 20.9 Å². The number of amides is 4. The fourth-order valence-corrected chi connectivity index (χ4v) is 6.73. The summed E-state index contributed by atoms with van der Waals surface area (Å²) in [5.41, 5.74) is 2.99. The number of hydrogen-bond acceptors (Lipinski definition) is 6. The van der Waals surface area contributed by atoms with Gasteiger partial charge in [0.25, 0.3) is 5.91 Å². The summed E-state index contributed by atoms with van der Waals surface area (Å²) in [6.07, 6.45) is 4.70. The quantitative estimate of drug-likeness (QED) is 0.637. The summed E-state index contributed by atoms with van der Waals surface area (Å²) in [4.78, 5) is 58.1. The Morgan fingerprint density at radius 3 is 2.42 bits per heavy atom. The van der Waals surface area contributed by atoms with Crippen molar-refractivity contribution in [2.45, 2.75) is 51.1 Å². The molecule has 6 rings (SSSR count). The Kier molecular flexibility index (Phi) is 5.78. The third kappa shape index (κ3) is 4.07. The molecule has 0 aromatic heterocycles. The molecule has 4 amide bonds. The van der Waals surface area contributed by atoms with E-state index in [2.05, 4.69) is 33.1 Å². The van der Waals surface area contributed by atoms with Gasteiger partial charge in [0.1, 0.15) is 6.04 Å². The number of likely N-dealkylation sites (tertiary alicyclic amines) is 2. The van der Waals surface area contributed by atoms with Crippen molar-refractivity contribution >= 4 is 29.3 Å². The van der Waals surface area contributed by atoms with Gasteiger partial charge in [-0.1, -0.05) is 0 Å². The monoisotopic (exact) mass is 493 g/mol. The SMILES string of the molecule is CN1CCC(C(=O)N2CCC3(CC2)CN(c2ccc4c(c2)CN(C2CCC(=O)NC2=O)C4=O)C3)CC1. The molecular formula is C27H35N5O4. The molecule has 5 heterocycles. The number of nitrogens with one attached hydrogen (secondary N) is 1. The first-order valence-corrected chi connectivity index (χ1v) is 13.3. The van der Waals surface area contributed by atoms with Crippen LogP contribution in [0, 0.1) is 11.3 Å². The average Bonchev–Trinajstić information content (AvgIpc) is 3.18. The molecule has 0 aliphatic carbocycles. The van der Waals surface area contributed by atoms with Crippen LogP contribution in [0.25, 0.3) is 0 Å². The summed E-state index contributed by atoms with van der Waals surface area (Å²) in [6, 6.07) is 5.40. The van der Waals surface area contributed by atoms with Crippen LogP contribution < -0.4 is 10.2 Å². The summed E-state index contributed by atoms with van der Waals surface area (Å²) in [7, 11) is 2.13. The number of carbonyl (C=O) groups is 4. The molecule has 4 saturated heterocycles. The molecule has 0 saturated carbocycles. The van der Waals surface area contributed by atoms with Crippen molar-refractivity contribution in [3.8, 4) is 0 Å². The first-order valence-electron chi connectivity index (χ1n) is 13.3. The van der Waals surface area contributed by atoms with E-state index in [4.69, 9.17) is 0 Å². The van der Waals surface area contributed by atoms with Crippen LogP contribution in [0.2, 0.25) is 0 Å². The Balaban J connectivity index is 1.04. The van der Waals surface area contributed by atoms with Crippen molar-refractivity contribution in [3.05, 3.63) is 29.3 Å². The molecule has 36 heavy (non-hydrogen) atoms. The molecule has 5 aliphatic rings. The highest BCUT2D eigenvalue weighted by atomic mass is 16.2. The lowest BCUT2D eigenvalue weighted by atomic mass is 9.71. The summed E-state index contributed by atoms with van der Waals surface area (Å²) < 4.78 is 0. The van der Waals surface area contributed by atoms with E-state index in [-0.39, 0.29) is 35.5 Å². The van der Waals surface area contributed by atoms with Gasteiger partial charge in [-0.05, 0) is 76.0 Å². The van der Waals surface area contributed by atoms with Gasteiger partial charge in [0.15, 0.2) is 0 Å². The van der Waals surface area contributed by atoms with Gasteiger partial charge in [0.05, 0.1) is 0 Å². The topological polar surface area (TPSA) is 93.3 Å². The molecule has 5 aliphatic heterocycles. The number of fused-ring (bicyclic) bond motifs is 1. The van der Waals surface area contributed by atoms with E-state index in [1.807, 2.05) is 12.1 Å². The summed E-state index contributed by atoms with van der Waals surface area (Å²) in [5, 5.41) is 2.36. The molecule has 1 aromatic rings. The van der Waals surface area contributed by atoms with E-state index in [1.165, 1.54) is 0 Å². The minimum Gasteiger partial charge on any atom is -0.370 e. The molecule has 0 radical (unpaired) electrons. The first kappa shape index (κ1) is 23.5. The number of hydrogen-bond donors (Lipinski definition) is 1. The molecule has 1 aromatic carbocycles. The van der Waals surface area contributed by atoms with E-state index < -0.39 is 6.04 Å². The number of piperidine rings is 3. The number of rotatable bonds is 3. The summed E-state index contributed by atoms with van der Waals surface area (Å²) >= 11 is 0. The second-order valence-corrected chi connectivity index (χ2v) is 11.5. The summed E-state index contributed by atoms with van der Waals surface area (Å²) in [5.74, 6) is -0.225. The first-order chi connectivity index (χ1) is 17.3. The van der Waals surface area contributed by atoms with Crippen LogP contribution in [0.15, 0.2) is 18.2 Å². The van der Waals surface area contributed by atoms with Crippen molar-refractivity contribution in [3.63, 3.8) is 0 Å². The zero-order chi connectivity index (χ0) is 25.0. The van der Waals surface area contributed by atoms with Crippen molar-refractivity contribution < 1.29 is 19.2 Å². The number of benzene rings is 1. The lowest BCUT2D eigenvalue weighted by molar-refractivity contribution is -0.140. The van der Waals surface area contributed by atoms with Gasteiger partial charge >= 0.3 is 0 Å². The van der Waals surface area contributed by atoms with Crippen LogP contribution >= 0.6 is 0 Å². The van der Waals surface area contributed by atoms with Gasteiger partial charge in [0, 0.05) is 61.7 Å². The van der Waals surface area contributed by atoms with Gasteiger partial charge < -0.3 is 19.6 Å². The predicted molar refractivity (Wildman–Crippen MR) is 133 cm³/mol. The Labute approximate surface area is 211 Å². The van der Waals surface area contributed by atoms with Crippen molar-refractivity contribution in [1.82, 2.24) is 20.0 Å². The van der Waals surface area contributed by atoms with Gasteiger partial charge in [0.2, 0.25) is 17.7 Å². The molecule has 0 bridgehead atoms. The average molecular weight is 494 g/mol. The fourth-order valence-electron chi connectivity index (χ4n) is 6.73. The Morgan fingerprint density at radius 1 is 1.00 bits per heavy atom. The molecule has 9 nitrogen and oxygen atoms in total. The second kappa shape index (κ2) is 8.87. The highest BCUT2D eigenvalue weighted by molar-refractivity contribution is 6.05. The van der Waals surface area contributed by atoms with Gasteiger partial charge in [-0.2, -0.15) is 0 Å². The normalized spacial score (nSPS) is 26.8. The number of imide groups is 1. The number of anilines is 1. The Bertz CT molecular complexity index is 1100. The molecule has 1 N–H and O–H groups in total. The van der Waals surface area contributed by atoms with Crippen LogP contribution in [-0.4, -0.2) is 90.7 Å². The zero-order valence-corrected chi connectivity index (χ0v) is 21.0. The smallest absolute Gasteiger partial charge is 0.255 e. The van der Waals surface area contributed by atoms with Crippen LogP contribution in [0.5, 0.6) is 0 Å². The lowest BCUT2D eigenvalue weighted by Crippen LogP contribution is -2.61. The third-order valence-corrected chi connectivity index (χ3v) is 9.13. The zero-order valence-electron chi connectivity index (χ0n) is 21.0. The summed E-state index contributed by atoms with van der Waals surface area (Å²) in [6.45, 7) is 6.11. The molecule has 1 spiro atoms. The maximum atomic E-state index is 13.0. The molecule has 4 fully saturated rings. The molecule has 1 unspecified atom stereocenters. The number of nitrogens with zero attached hydrogens (tertiary/aromatic N) is 4. The molecular weight excluding hydrogens is 458 g/mol. The van der Waals surface area contributed by atoms with Crippen molar-refractivity contribution in [1.29, 1.82) is 0 Å². The highest BCUT2D eigenvalue weighted by Gasteiger charge is 2.46. The third-order valence-electron chi connectivity index (χ3n) is 9.13. The number of carbonyl (C=O) groups excluding carboxylic acids is 4. The van der Waals surface area contributed by atoms with Crippen molar-refractivity contribution in [2.75, 3.05) is 51.2 Å². The highest BCUT2D eigenvalue weighted by Crippen LogP contribution is 2.44. The van der Waals surface area contributed by atoms with Crippen LogP contribution in [0.4, 0.5) is 5.69 Å². The fraction of sp³-hybridized carbons (Fsp3) is 0.630. The Hall–Kier alpha value is -2.94. The van der Waals surface area contributed by atoms with Crippen LogP contribution in [0.1, 0.15) is 54.4 Å². The molecule has 9 heteroatoms. The van der Waals surface area contributed by atoms with Crippen LogP contribution in [0.3, 0.4) is 0 Å². The minimum absolute atomic E-state index is 0.132. The maximum Gasteiger partial charge on any atom is 0.255 e. The van der Waals surface area contributed by atoms with E-state index >= 15 is 0 Å². The van der Waals surface area contributed by atoms with Gasteiger partial charge in [-0.25, -0.2) is 0 Å². The van der Waals surface area contributed by atoms with E-state index in [0.29, 0.717) is 24.4 Å². The lowest BCUT2D eigenvalue weighted by Gasteiger charge is -2.55. The van der Waals surface area contributed by atoms with Crippen molar-refractivity contribution in [2.24, 2.45) is 11.3 Å². The van der Waals surface area contributed by atoms with Gasteiger partial charge in [-0.15, -0.1) is 0 Å². The predicted octanol–water partition coefficient (Wildman–Crippen LogP) is 1.22. The standard InChI is InChI=1S/C27H35N5O4/c1-29-10-6-18(7-11-29)25(35)30-12-8-27(9-13-30)16-31(17-27)20-2-3-21-19(14-20)15-32(26(21)36)22-4-5-23(33)28-24(22)34/h2-3,14,18,22H,4-13,15-17H2,1H3,(H,28,33,34). The molecule has 1 atom stereocenters. The maximum absolute atomic E-state index is 13.0. The van der Waals surface area contributed by atoms with Gasteiger partial charge in [-0.3, -0.25) is 24.5 Å². The van der Waals surface area contributed by atoms with E-state index in [9.17, 15) is 19.2 Å².